The first-order valence-corrected chi connectivity index (χ1v) is 6.99. The monoisotopic (exact) mass is 256 g/mol. The topological polar surface area (TPSA) is 46.3 Å². The van der Waals surface area contributed by atoms with E-state index >= 15 is 0 Å². The summed E-state index contributed by atoms with van der Waals surface area (Å²) in [5.41, 5.74) is 5.08. The van der Waals surface area contributed by atoms with Gasteiger partial charge in [0, 0.05) is 12.6 Å². The Kier molecular flexibility index (Phi) is 4.92. The van der Waals surface area contributed by atoms with Crippen LogP contribution in [-0.4, -0.2) is 28.4 Å². The zero-order valence-electron chi connectivity index (χ0n) is 11.2. The Bertz CT molecular complexity index is 300. The number of amides is 1. The second-order valence-corrected chi connectivity index (χ2v) is 5.52. The van der Waals surface area contributed by atoms with Gasteiger partial charge in [-0.25, -0.2) is 0 Å². The predicted molar refractivity (Wildman–Crippen MR) is 74.8 cm³/mol. The Morgan fingerprint density at radius 1 is 1.41 bits per heavy atom. The molecule has 1 saturated carbocycles. The van der Waals surface area contributed by atoms with Crippen molar-refractivity contribution in [2.45, 2.75) is 58.9 Å². The fraction of sp³-hybridized carbons (Fsp3) is 0.846. The number of hydrogen-bond acceptors (Lipinski definition) is 2. The van der Waals surface area contributed by atoms with Gasteiger partial charge in [-0.05, 0) is 33.1 Å². The largest absolute Gasteiger partial charge is 0.392 e. The fourth-order valence-corrected chi connectivity index (χ4v) is 2.76. The van der Waals surface area contributed by atoms with Gasteiger partial charge in [-0.2, -0.15) is 0 Å². The molecule has 0 radical (unpaired) electrons. The molecule has 2 N–H and O–H groups in total. The molecule has 0 aromatic heterocycles. The highest BCUT2D eigenvalue weighted by atomic mass is 32.1. The lowest BCUT2D eigenvalue weighted by molar-refractivity contribution is -0.139. The molecule has 98 valence electrons. The minimum atomic E-state index is -0.673. The fourth-order valence-electron chi connectivity index (χ4n) is 2.53. The van der Waals surface area contributed by atoms with Crippen LogP contribution in [0.4, 0.5) is 0 Å². The molecule has 17 heavy (non-hydrogen) atoms. The molecule has 1 unspecified atom stereocenters. The number of hydrogen-bond donors (Lipinski definition) is 1. The molecule has 4 heteroatoms. The molecule has 0 aliphatic heterocycles. The first-order chi connectivity index (χ1) is 7.97. The standard InChI is InChI=1S/C13H24N2OS/c1-4-13(3,11(14)17)12(16)15(5-2)10-8-6-7-9-10/h10H,4-9H2,1-3H3,(H2,14,17). The molecule has 0 saturated heterocycles. The first kappa shape index (κ1) is 14.4. The van der Waals surface area contributed by atoms with Crippen LogP contribution in [0.2, 0.25) is 0 Å². The van der Waals surface area contributed by atoms with E-state index in [1.165, 1.54) is 12.8 Å². The van der Waals surface area contributed by atoms with Crippen molar-refractivity contribution < 1.29 is 4.79 Å². The highest BCUT2D eigenvalue weighted by Crippen LogP contribution is 2.30. The maximum Gasteiger partial charge on any atom is 0.235 e. The normalized spacial score (nSPS) is 19.9. The molecule has 1 aliphatic carbocycles. The van der Waals surface area contributed by atoms with Gasteiger partial charge in [-0.1, -0.05) is 32.0 Å². The zero-order chi connectivity index (χ0) is 13.1. The van der Waals surface area contributed by atoms with Crippen molar-refractivity contribution in [3.8, 4) is 0 Å². The minimum absolute atomic E-state index is 0.113. The summed E-state index contributed by atoms with van der Waals surface area (Å²) in [5, 5.41) is 0. The van der Waals surface area contributed by atoms with Crippen LogP contribution in [0.25, 0.3) is 0 Å². The molecule has 0 heterocycles. The van der Waals surface area contributed by atoms with Gasteiger partial charge in [-0.3, -0.25) is 4.79 Å². The molecule has 0 bridgehead atoms. The summed E-state index contributed by atoms with van der Waals surface area (Å²) in [6.07, 6.45) is 5.37. The maximum absolute atomic E-state index is 12.6. The molecule has 0 aromatic carbocycles. The van der Waals surface area contributed by atoms with Gasteiger partial charge in [0.2, 0.25) is 5.91 Å². The summed E-state index contributed by atoms with van der Waals surface area (Å²) in [5.74, 6) is 0.113. The van der Waals surface area contributed by atoms with Crippen molar-refractivity contribution in [1.29, 1.82) is 0 Å². The molecule has 0 spiro atoms. The quantitative estimate of drug-likeness (QED) is 0.769. The molecule has 1 amide bonds. The van der Waals surface area contributed by atoms with Crippen molar-refractivity contribution >= 4 is 23.1 Å². The second-order valence-electron chi connectivity index (χ2n) is 5.08. The van der Waals surface area contributed by atoms with Gasteiger partial charge in [0.15, 0.2) is 0 Å². The van der Waals surface area contributed by atoms with Crippen LogP contribution in [0.3, 0.4) is 0 Å². The molecule has 3 nitrogen and oxygen atoms in total. The van der Waals surface area contributed by atoms with E-state index in [1.54, 1.807) is 0 Å². The van der Waals surface area contributed by atoms with Crippen molar-refractivity contribution in [3.05, 3.63) is 0 Å². The molecule has 1 rings (SSSR count). The Labute approximate surface area is 110 Å². The number of carbonyl (C=O) groups is 1. The van der Waals surface area contributed by atoms with Crippen LogP contribution in [0.1, 0.15) is 52.9 Å². The van der Waals surface area contributed by atoms with Crippen molar-refractivity contribution in [2.24, 2.45) is 11.1 Å². The van der Waals surface area contributed by atoms with Gasteiger partial charge < -0.3 is 10.6 Å². The SMILES string of the molecule is CCN(C(=O)C(C)(CC)C(N)=S)C1CCCC1. The molecular formula is C13H24N2OS. The van der Waals surface area contributed by atoms with Gasteiger partial charge >= 0.3 is 0 Å². The van der Waals surface area contributed by atoms with Crippen LogP contribution in [0.5, 0.6) is 0 Å². The maximum atomic E-state index is 12.6. The van der Waals surface area contributed by atoms with E-state index in [0.717, 1.165) is 19.4 Å². The highest BCUT2D eigenvalue weighted by molar-refractivity contribution is 7.80. The second kappa shape index (κ2) is 5.80. The third-order valence-corrected chi connectivity index (χ3v) is 4.54. The van der Waals surface area contributed by atoms with E-state index in [1.807, 2.05) is 25.7 Å². The van der Waals surface area contributed by atoms with E-state index in [0.29, 0.717) is 17.5 Å². The van der Waals surface area contributed by atoms with E-state index < -0.39 is 5.41 Å². The number of carbonyl (C=O) groups excluding carboxylic acids is 1. The van der Waals surface area contributed by atoms with Crippen molar-refractivity contribution in [1.82, 2.24) is 4.90 Å². The van der Waals surface area contributed by atoms with Gasteiger partial charge in [0.1, 0.15) is 0 Å². The van der Waals surface area contributed by atoms with Crippen LogP contribution in [0, 0.1) is 5.41 Å². The number of nitrogens with zero attached hydrogens (tertiary/aromatic N) is 1. The van der Waals surface area contributed by atoms with Crippen molar-refractivity contribution in [2.75, 3.05) is 6.54 Å². The Balaban J connectivity index is 2.87. The summed E-state index contributed by atoms with van der Waals surface area (Å²) in [6, 6.07) is 0.396. The third-order valence-electron chi connectivity index (χ3n) is 4.09. The molecule has 1 aliphatic rings. The lowest BCUT2D eigenvalue weighted by Gasteiger charge is -2.36. The van der Waals surface area contributed by atoms with Gasteiger partial charge in [0.25, 0.3) is 0 Å². The Hall–Kier alpha value is -0.640. The van der Waals surface area contributed by atoms with E-state index in [2.05, 4.69) is 0 Å². The molecule has 1 atom stereocenters. The Morgan fingerprint density at radius 3 is 2.29 bits per heavy atom. The lowest BCUT2D eigenvalue weighted by Crippen LogP contribution is -2.51. The van der Waals surface area contributed by atoms with E-state index in [-0.39, 0.29) is 5.91 Å². The summed E-state index contributed by atoms with van der Waals surface area (Å²) >= 11 is 5.08. The average molecular weight is 256 g/mol. The van der Waals surface area contributed by atoms with Crippen LogP contribution >= 0.6 is 12.2 Å². The number of nitrogens with two attached hydrogens (primary N) is 1. The first-order valence-electron chi connectivity index (χ1n) is 6.58. The van der Waals surface area contributed by atoms with E-state index in [4.69, 9.17) is 18.0 Å². The summed E-state index contributed by atoms with van der Waals surface area (Å²) in [4.78, 5) is 14.9. The summed E-state index contributed by atoms with van der Waals surface area (Å²) in [7, 11) is 0. The number of rotatable bonds is 5. The molecule has 0 aromatic rings. The van der Waals surface area contributed by atoms with Crippen LogP contribution < -0.4 is 5.73 Å². The van der Waals surface area contributed by atoms with Crippen molar-refractivity contribution in [3.63, 3.8) is 0 Å². The predicted octanol–water partition coefficient (Wildman–Crippen LogP) is 2.48. The summed E-state index contributed by atoms with van der Waals surface area (Å²) < 4.78 is 0. The van der Waals surface area contributed by atoms with Gasteiger partial charge in [0.05, 0.1) is 10.4 Å². The molecular weight excluding hydrogens is 232 g/mol. The van der Waals surface area contributed by atoms with Crippen LogP contribution in [-0.2, 0) is 4.79 Å². The zero-order valence-corrected chi connectivity index (χ0v) is 12.0. The summed E-state index contributed by atoms with van der Waals surface area (Å²) in [6.45, 7) is 6.63. The lowest BCUT2D eigenvalue weighted by atomic mass is 9.85. The smallest absolute Gasteiger partial charge is 0.235 e. The van der Waals surface area contributed by atoms with Gasteiger partial charge in [-0.15, -0.1) is 0 Å². The highest BCUT2D eigenvalue weighted by Gasteiger charge is 2.40. The third kappa shape index (κ3) is 2.79. The minimum Gasteiger partial charge on any atom is -0.392 e. The van der Waals surface area contributed by atoms with Crippen LogP contribution in [0.15, 0.2) is 0 Å². The van der Waals surface area contributed by atoms with E-state index in [9.17, 15) is 4.79 Å². The Morgan fingerprint density at radius 2 is 1.94 bits per heavy atom. The number of thiocarbonyl (C=S) groups is 1. The average Bonchev–Trinajstić information content (AvgIpc) is 2.82. The molecule has 1 fully saturated rings.